The molecule has 0 heterocycles. The van der Waals surface area contributed by atoms with Gasteiger partial charge in [0, 0.05) is 0 Å². The Kier molecular flexibility index (Phi) is 2.02. The molecule has 8 heavy (non-hydrogen) atoms. The zero-order valence-electron chi connectivity index (χ0n) is 3.55. The number of hydrogen-bond donors (Lipinski definition) is 2. The van der Waals surface area contributed by atoms with Gasteiger partial charge in [-0.15, -0.1) is 4.91 Å². The molecular formula is CH3NO5S. The van der Waals surface area contributed by atoms with Crippen LogP contribution in [0.4, 0.5) is 0 Å². The standard InChI is InChI=1S/CH3NO5S/c3-1(2-4)8(5,6)7/h1,3H,(H,5,6,7). The molecule has 7 heteroatoms. The largest absolute Gasteiger partial charge is 0.355 e. The Labute approximate surface area is 44.9 Å². The fraction of sp³-hybridized carbons (Fsp3) is 1.00. The third-order valence-corrected chi connectivity index (χ3v) is 0.975. The van der Waals surface area contributed by atoms with E-state index in [2.05, 4.69) is 0 Å². The van der Waals surface area contributed by atoms with E-state index >= 15 is 0 Å². The van der Waals surface area contributed by atoms with Gasteiger partial charge in [0.1, 0.15) is 0 Å². The van der Waals surface area contributed by atoms with E-state index in [1.54, 1.807) is 5.18 Å². The monoisotopic (exact) mass is 141 g/mol. The van der Waals surface area contributed by atoms with E-state index in [-0.39, 0.29) is 0 Å². The van der Waals surface area contributed by atoms with Crippen LogP contribution in [0.2, 0.25) is 0 Å². The van der Waals surface area contributed by atoms with Gasteiger partial charge in [0.25, 0.3) is 0 Å². The van der Waals surface area contributed by atoms with E-state index in [1.807, 2.05) is 0 Å². The van der Waals surface area contributed by atoms with Crippen LogP contribution in [0.5, 0.6) is 0 Å². The third kappa shape index (κ3) is 1.96. The first-order valence-electron chi connectivity index (χ1n) is 1.45. The molecule has 0 spiro atoms. The topological polar surface area (TPSA) is 104 Å². The Bertz CT molecular complexity index is 169. The van der Waals surface area contributed by atoms with Crippen LogP contribution in [0.3, 0.4) is 0 Å². The molecule has 0 fully saturated rings. The highest BCUT2D eigenvalue weighted by Gasteiger charge is 2.18. The molecule has 0 rings (SSSR count). The number of hydrogen-bond acceptors (Lipinski definition) is 5. The maximum Gasteiger partial charge on any atom is 0.317 e. The van der Waals surface area contributed by atoms with E-state index in [9.17, 15) is 8.42 Å². The van der Waals surface area contributed by atoms with Crippen molar-refractivity contribution in [2.45, 2.75) is 5.56 Å². The third-order valence-electron chi connectivity index (χ3n) is 0.357. The lowest BCUT2D eigenvalue weighted by Gasteiger charge is -1.91. The normalized spacial score (nSPS) is 15.2. The van der Waals surface area contributed by atoms with Crippen LogP contribution in [0, 0.1) is 4.91 Å². The van der Waals surface area contributed by atoms with Gasteiger partial charge in [0.05, 0.1) is 0 Å². The van der Waals surface area contributed by atoms with E-state index in [0.29, 0.717) is 0 Å². The van der Waals surface area contributed by atoms with Crippen LogP contribution in [-0.4, -0.2) is 23.6 Å². The van der Waals surface area contributed by atoms with Crippen LogP contribution in [-0.2, 0) is 10.1 Å². The fourth-order valence-corrected chi connectivity index (χ4v) is 0.163. The number of aliphatic hydroxyl groups is 1. The predicted octanol–water partition coefficient (Wildman–Crippen LogP) is -1.08. The van der Waals surface area contributed by atoms with Gasteiger partial charge in [0.2, 0.25) is 0 Å². The summed E-state index contributed by atoms with van der Waals surface area (Å²) in [6.45, 7) is 0. The summed E-state index contributed by atoms with van der Waals surface area (Å²) >= 11 is 0. The SMILES string of the molecule is O=NC(O)S(=O)(=O)O. The summed E-state index contributed by atoms with van der Waals surface area (Å²) in [5, 5.41) is 9.50. The number of nitrogens with zero attached hydrogens (tertiary/aromatic N) is 1. The van der Waals surface area contributed by atoms with Crippen LogP contribution < -0.4 is 0 Å². The number of rotatable bonds is 2. The first-order chi connectivity index (χ1) is 3.48. The van der Waals surface area contributed by atoms with E-state index in [1.165, 1.54) is 0 Å². The van der Waals surface area contributed by atoms with Gasteiger partial charge in [-0.2, -0.15) is 8.42 Å². The van der Waals surface area contributed by atoms with Crippen LogP contribution in [0.25, 0.3) is 0 Å². The first kappa shape index (κ1) is 7.47. The summed E-state index contributed by atoms with van der Waals surface area (Å²) < 4.78 is 26.9. The Hall–Kier alpha value is -0.530. The van der Waals surface area contributed by atoms with Crippen molar-refractivity contribution in [1.82, 2.24) is 0 Å². The summed E-state index contributed by atoms with van der Waals surface area (Å²) in [5.41, 5.74) is -2.55. The molecule has 0 aliphatic heterocycles. The molecule has 0 aliphatic rings. The molecule has 0 saturated carbocycles. The van der Waals surface area contributed by atoms with Crippen molar-refractivity contribution in [2.24, 2.45) is 5.18 Å². The second-order valence-electron chi connectivity index (χ2n) is 0.947. The van der Waals surface area contributed by atoms with Crippen molar-refractivity contribution < 1.29 is 18.1 Å². The number of nitroso groups, excluding NO2 is 1. The molecule has 1 unspecified atom stereocenters. The minimum atomic E-state index is -4.68. The van der Waals surface area contributed by atoms with Crippen molar-refractivity contribution in [2.75, 3.05) is 0 Å². The highest BCUT2D eigenvalue weighted by atomic mass is 32.2. The van der Waals surface area contributed by atoms with Crippen molar-refractivity contribution in [3.8, 4) is 0 Å². The van der Waals surface area contributed by atoms with Crippen LogP contribution in [0.15, 0.2) is 5.18 Å². The molecule has 0 aliphatic carbocycles. The molecule has 2 N–H and O–H groups in total. The maximum atomic E-state index is 9.57. The number of aliphatic hydroxyl groups excluding tert-OH is 1. The summed E-state index contributed by atoms with van der Waals surface area (Å²) in [4.78, 5) is 9.11. The Morgan fingerprint density at radius 3 is 1.88 bits per heavy atom. The van der Waals surface area contributed by atoms with Gasteiger partial charge >= 0.3 is 15.7 Å². The summed E-state index contributed by atoms with van der Waals surface area (Å²) in [6.07, 6.45) is 0. The molecular weight excluding hydrogens is 138 g/mol. The molecule has 48 valence electrons. The second-order valence-corrected chi connectivity index (χ2v) is 2.40. The van der Waals surface area contributed by atoms with Crippen molar-refractivity contribution in [3.05, 3.63) is 4.91 Å². The molecule has 1 atom stereocenters. The Balaban J connectivity index is 4.26. The average Bonchev–Trinajstić information content (AvgIpc) is 1.62. The van der Waals surface area contributed by atoms with Crippen molar-refractivity contribution >= 4 is 10.1 Å². The van der Waals surface area contributed by atoms with Crippen molar-refractivity contribution in [1.29, 1.82) is 0 Å². The smallest absolute Gasteiger partial charge is 0.317 e. The Morgan fingerprint density at radius 2 is 1.88 bits per heavy atom. The molecule has 0 aromatic carbocycles. The molecule has 0 bridgehead atoms. The van der Waals surface area contributed by atoms with Gasteiger partial charge < -0.3 is 5.11 Å². The summed E-state index contributed by atoms with van der Waals surface area (Å²) in [6, 6.07) is 0. The van der Waals surface area contributed by atoms with Gasteiger partial charge in [-0.25, -0.2) is 0 Å². The van der Waals surface area contributed by atoms with Gasteiger partial charge in [-0.05, 0) is 5.18 Å². The predicted molar refractivity (Wildman–Crippen MR) is 23.4 cm³/mol. The van der Waals surface area contributed by atoms with E-state index in [4.69, 9.17) is 14.6 Å². The van der Waals surface area contributed by atoms with E-state index in [0.717, 1.165) is 0 Å². The highest BCUT2D eigenvalue weighted by Crippen LogP contribution is 1.92. The zero-order valence-corrected chi connectivity index (χ0v) is 4.37. The maximum absolute atomic E-state index is 9.57. The molecule has 0 radical (unpaired) electrons. The van der Waals surface area contributed by atoms with Crippen molar-refractivity contribution in [3.63, 3.8) is 0 Å². The molecule has 0 saturated heterocycles. The van der Waals surface area contributed by atoms with Gasteiger partial charge in [-0.3, -0.25) is 4.55 Å². The quantitative estimate of drug-likeness (QED) is 0.376. The molecule has 0 aromatic rings. The van der Waals surface area contributed by atoms with Crippen LogP contribution in [0.1, 0.15) is 0 Å². The highest BCUT2D eigenvalue weighted by molar-refractivity contribution is 7.86. The lowest BCUT2D eigenvalue weighted by molar-refractivity contribution is 0.241. The minimum absolute atomic E-state index is 1.63. The molecule has 0 aromatic heterocycles. The molecule has 0 amide bonds. The average molecular weight is 141 g/mol. The zero-order chi connectivity index (χ0) is 6.78. The lowest BCUT2D eigenvalue weighted by Crippen LogP contribution is -2.15. The minimum Gasteiger partial charge on any atom is -0.355 e. The van der Waals surface area contributed by atoms with Gasteiger partial charge in [0.15, 0.2) is 0 Å². The molecule has 6 nitrogen and oxygen atoms in total. The fourth-order valence-electron chi connectivity index (χ4n) is 0.0544. The summed E-state index contributed by atoms with van der Waals surface area (Å²) in [7, 11) is -4.68. The Morgan fingerprint density at radius 1 is 1.50 bits per heavy atom. The summed E-state index contributed by atoms with van der Waals surface area (Å²) in [5.74, 6) is 0. The van der Waals surface area contributed by atoms with Gasteiger partial charge in [-0.1, -0.05) is 0 Å². The lowest BCUT2D eigenvalue weighted by atomic mass is 11.4. The first-order valence-corrected chi connectivity index (χ1v) is 2.95. The second kappa shape index (κ2) is 2.16. The van der Waals surface area contributed by atoms with E-state index < -0.39 is 15.7 Å². The van der Waals surface area contributed by atoms with Crippen LogP contribution >= 0.6 is 0 Å².